The molecule has 0 aliphatic carbocycles. The van der Waals surface area contributed by atoms with Crippen LogP contribution in [0, 0.1) is 0 Å². The Balaban J connectivity index is 1.96. The van der Waals surface area contributed by atoms with E-state index in [0.29, 0.717) is 0 Å². The van der Waals surface area contributed by atoms with Gasteiger partial charge in [-0.3, -0.25) is 4.79 Å². The van der Waals surface area contributed by atoms with E-state index in [2.05, 4.69) is 0 Å². The van der Waals surface area contributed by atoms with E-state index in [1.54, 1.807) is 0 Å². The number of fused-ring (bicyclic) bond motifs is 1. The molecule has 1 saturated heterocycles. The van der Waals surface area contributed by atoms with Gasteiger partial charge < -0.3 is 59.1 Å². The fourth-order valence-corrected chi connectivity index (χ4v) is 3.88. The Bertz CT molecular complexity index is 1330. The monoisotopic (exact) mass is 508 g/mol. The number of rotatable bonds is 6. The van der Waals surface area contributed by atoms with Crippen LogP contribution in [0.5, 0.6) is 34.5 Å². The molecule has 13 heteroatoms. The quantitative estimate of drug-likeness (QED) is 0.230. The molecule has 0 unspecified atom stereocenters. The fourth-order valence-electron chi connectivity index (χ4n) is 3.88. The minimum absolute atomic E-state index is 0.00876. The van der Waals surface area contributed by atoms with Crippen molar-refractivity contribution in [2.45, 2.75) is 30.7 Å². The highest BCUT2D eigenvalue weighted by Crippen LogP contribution is 2.44. The maximum absolute atomic E-state index is 13.6. The van der Waals surface area contributed by atoms with Crippen LogP contribution in [-0.4, -0.2) is 87.3 Å². The maximum Gasteiger partial charge on any atom is 0.239 e. The van der Waals surface area contributed by atoms with E-state index in [9.17, 15) is 40.5 Å². The van der Waals surface area contributed by atoms with E-state index in [1.807, 2.05) is 0 Å². The predicted molar refractivity (Wildman–Crippen MR) is 120 cm³/mol. The van der Waals surface area contributed by atoms with Crippen molar-refractivity contribution in [3.63, 3.8) is 0 Å². The predicted octanol–water partition coefficient (Wildman–Crippen LogP) is -0.227. The molecule has 0 bridgehead atoms. The molecule has 2 heterocycles. The van der Waals surface area contributed by atoms with Gasteiger partial charge in [-0.05, 0) is 18.2 Å². The Morgan fingerprint density at radius 2 is 1.64 bits per heavy atom. The first-order chi connectivity index (χ1) is 17.1. The number of methoxy groups -OCH3 is 2. The van der Waals surface area contributed by atoms with E-state index in [0.717, 1.165) is 13.2 Å². The van der Waals surface area contributed by atoms with E-state index in [-0.39, 0.29) is 28.4 Å². The van der Waals surface area contributed by atoms with E-state index >= 15 is 0 Å². The van der Waals surface area contributed by atoms with Crippen LogP contribution in [0.1, 0.15) is 0 Å². The second kappa shape index (κ2) is 9.72. The molecule has 1 fully saturated rings. The van der Waals surface area contributed by atoms with Gasteiger partial charge >= 0.3 is 0 Å². The van der Waals surface area contributed by atoms with Crippen LogP contribution in [0.15, 0.2) is 33.5 Å². The minimum atomic E-state index is -1.86. The SMILES string of the molecule is COc1cc(-c2oc3cc(O)c(OC)c(O)c3c(=O)c2O[C@@H]2O[C@H](CO)[C@@H](O)[C@@H](O)[C@H]2O)ccc1O. The maximum atomic E-state index is 13.6. The van der Waals surface area contributed by atoms with Gasteiger partial charge in [0.1, 0.15) is 35.4 Å². The largest absolute Gasteiger partial charge is 0.504 e. The summed E-state index contributed by atoms with van der Waals surface area (Å²) in [6, 6.07) is 4.95. The van der Waals surface area contributed by atoms with Gasteiger partial charge in [0, 0.05) is 11.6 Å². The normalized spacial score (nSPS) is 24.0. The van der Waals surface area contributed by atoms with E-state index < -0.39 is 71.1 Å². The van der Waals surface area contributed by atoms with Gasteiger partial charge in [0.2, 0.25) is 23.2 Å². The summed E-state index contributed by atoms with van der Waals surface area (Å²) in [5.74, 6) is -2.80. The van der Waals surface area contributed by atoms with Crippen molar-refractivity contribution in [1.29, 1.82) is 0 Å². The third-order valence-corrected chi connectivity index (χ3v) is 5.78. The molecular formula is C23H24O13. The Labute approximate surface area is 202 Å². The highest BCUT2D eigenvalue weighted by Gasteiger charge is 2.45. The second-order valence-electron chi connectivity index (χ2n) is 7.94. The molecule has 1 aliphatic rings. The molecule has 3 aromatic rings. The van der Waals surface area contributed by atoms with Crippen molar-refractivity contribution in [2.24, 2.45) is 0 Å². The highest BCUT2D eigenvalue weighted by atomic mass is 16.7. The summed E-state index contributed by atoms with van der Waals surface area (Å²) in [7, 11) is 2.45. The van der Waals surface area contributed by atoms with Crippen LogP contribution in [0.4, 0.5) is 0 Å². The van der Waals surface area contributed by atoms with Crippen LogP contribution in [0.2, 0.25) is 0 Å². The van der Waals surface area contributed by atoms with Gasteiger partial charge in [-0.25, -0.2) is 0 Å². The lowest BCUT2D eigenvalue weighted by Gasteiger charge is -2.39. The molecule has 13 nitrogen and oxygen atoms in total. The summed E-state index contributed by atoms with van der Waals surface area (Å²) < 4.78 is 26.8. The lowest BCUT2D eigenvalue weighted by molar-refractivity contribution is -0.277. The molecule has 4 rings (SSSR count). The Morgan fingerprint density at radius 1 is 0.917 bits per heavy atom. The summed E-state index contributed by atoms with van der Waals surface area (Å²) >= 11 is 0. The first kappa shape index (κ1) is 25.3. The molecule has 0 saturated carbocycles. The summed E-state index contributed by atoms with van der Waals surface area (Å²) in [5, 5.41) is 70.3. The molecule has 1 aromatic heterocycles. The van der Waals surface area contributed by atoms with Crippen LogP contribution in [0.25, 0.3) is 22.3 Å². The molecule has 5 atom stereocenters. The fraction of sp³-hybridized carbons (Fsp3) is 0.348. The Kier molecular flexibility index (Phi) is 6.84. The van der Waals surface area contributed by atoms with Gasteiger partial charge in [0.05, 0.1) is 20.8 Å². The number of hydrogen-bond acceptors (Lipinski definition) is 13. The number of phenolic OH excluding ortho intramolecular Hbond substituents is 3. The Morgan fingerprint density at radius 3 is 2.28 bits per heavy atom. The van der Waals surface area contributed by atoms with Crippen molar-refractivity contribution in [3.05, 3.63) is 34.5 Å². The van der Waals surface area contributed by atoms with Gasteiger partial charge in [0.15, 0.2) is 28.8 Å². The van der Waals surface area contributed by atoms with Crippen molar-refractivity contribution >= 4 is 11.0 Å². The number of aromatic hydroxyl groups is 3. The molecule has 36 heavy (non-hydrogen) atoms. The number of benzene rings is 2. The molecule has 1 aliphatic heterocycles. The lowest BCUT2D eigenvalue weighted by Crippen LogP contribution is -2.60. The van der Waals surface area contributed by atoms with Crippen LogP contribution in [0.3, 0.4) is 0 Å². The molecule has 0 radical (unpaired) electrons. The van der Waals surface area contributed by atoms with Gasteiger partial charge in [-0.15, -0.1) is 0 Å². The smallest absolute Gasteiger partial charge is 0.239 e. The van der Waals surface area contributed by atoms with E-state index in [4.69, 9.17) is 23.4 Å². The molecule has 0 amide bonds. The van der Waals surface area contributed by atoms with Crippen LogP contribution < -0.4 is 19.6 Å². The molecule has 7 N–H and O–H groups in total. The third-order valence-electron chi connectivity index (χ3n) is 5.78. The van der Waals surface area contributed by atoms with Crippen molar-refractivity contribution < 1.29 is 59.1 Å². The van der Waals surface area contributed by atoms with E-state index in [1.165, 1.54) is 25.3 Å². The zero-order valence-corrected chi connectivity index (χ0v) is 19.0. The lowest BCUT2D eigenvalue weighted by atomic mass is 9.99. The third kappa shape index (κ3) is 4.12. The first-order valence-electron chi connectivity index (χ1n) is 10.6. The average molecular weight is 508 g/mol. The number of ether oxygens (including phenoxy) is 4. The molecular weight excluding hydrogens is 484 g/mol. The topological polar surface area (TPSA) is 209 Å². The summed E-state index contributed by atoms with van der Waals surface area (Å²) in [6.45, 7) is -0.740. The number of hydrogen-bond donors (Lipinski definition) is 7. The summed E-state index contributed by atoms with van der Waals surface area (Å²) in [4.78, 5) is 13.6. The molecule has 0 spiro atoms. The highest BCUT2D eigenvalue weighted by molar-refractivity contribution is 5.91. The summed E-state index contributed by atoms with van der Waals surface area (Å²) in [6.07, 6.45) is -8.42. The number of aliphatic hydroxyl groups is 4. The van der Waals surface area contributed by atoms with Crippen LogP contribution in [-0.2, 0) is 4.74 Å². The van der Waals surface area contributed by atoms with Crippen LogP contribution >= 0.6 is 0 Å². The Hall–Kier alpha value is -3.75. The molecule has 194 valence electrons. The molecule has 2 aromatic carbocycles. The number of phenols is 3. The van der Waals surface area contributed by atoms with Gasteiger partial charge in [0.25, 0.3) is 0 Å². The zero-order valence-electron chi connectivity index (χ0n) is 19.0. The average Bonchev–Trinajstić information content (AvgIpc) is 2.85. The van der Waals surface area contributed by atoms with Crippen molar-refractivity contribution in [3.8, 4) is 45.8 Å². The zero-order chi connectivity index (χ0) is 26.3. The second-order valence-corrected chi connectivity index (χ2v) is 7.94. The van der Waals surface area contributed by atoms with Crippen molar-refractivity contribution in [2.75, 3.05) is 20.8 Å². The first-order valence-corrected chi connectivity index (χ1v) is 10.6. The standard InChI is InChI=1S/C23H24O13/c1-32-11-5-8(3-4-9(11)25)20-22(36-23-19(31)18(30)15(27)13(7-24)35-23)17(29)14-12(34-20)6-10(26)21(33-2)16(14)28/h3-6,13,15,18-19,23-28,30-31H,7H2,1-2H3/t13-,15-,18-,19-,23+/m1/s1. The summed E-state index contributed by atoms with van der Waals surface area (Å²) in [5.41, 5.74) is -1.11. The van der Waals surface area contributed by atoms with Gasteiger partial charge in [-0.1, -0.05) is 0 Å². The number of aliphatic hydroxyl groups excluding tert-OH is 4. The van der Waals surface area contributed by atoms with Gasteiger partial charge in [-0.2, -0.15) is 0 Å². The minimum Gasteiger partial charge on any atom is -0.504 e. The van der Waals surface area contributed by atoms with Crippen molar-refractivity contribution in [1.82, 2.24) is 0 Å².